The predicted molar refractivity (Wildman–Crippen MR) is 138 cm³/mol. The molecule has 0 radical (unpaired) electrons. The maximum Gasteiger partial charge on any atom is 0.341 e. The van der Waals surface area contributed by atoms with Gasteiger partial charge >= 0.3 is 5.97 Å². The van der Waals surface area contributed by atoms with Crippen molar-refractivity contribution in [1.29, 1.82) is 0 Å². The third-order valence-electron chi connectivity index (χ3n) is 6.37. The van der Waals surface area contributed by atoms with Crippen LogP contribution in [0.15, 0.2) is 58.4 Å². The maximum absolute atomic E-state index is 13.5. The van der Waals surface area contributed by atoms with Crippen LogP contribution in [0.1, 0.15) is 51.6 Å². The molecule has 1 aromatic carbocycles. The summed E-state index contributed by atoms with van der Waals surface area (Å²) < 4.78 is 14.3. The molecule has 1 atom stereocenters. The van der Waals surface area contributed by atoms with E-state index in [1.54, 1.807) is 48.0 Å². The number of fused-ring (bicyclic) bond motifs is 2. The van der Waals surface area contributed by atoms with Crippen LogP contribution in [0.4, 0.5) is 0 Å². The number of rotatable bonds is 5. The summed E-state index contributed by atoms with van der Waals surface area (Å²) in [6, 6.07) is 12.2. The number of pyridine rings is 2. The minimum atomic E-state index is -0.671. The summed E-state index contributed by atoms with van der Waals surface area (Å²) >= 11 is 0. The smallest absolute Gasteiger partial charge is 0.341 e. The van der Waals surface area contributed by atoms with Crippen molar-refractivity contribution in [2.45, 2.75) is 46.3 Å². The van der Waals surface area contributed by atoms with Gasteiger partial charge in [-0.05, 0) is 63.9 Å². The van der Waals surface area contributed by atoms with Crippen LogP contribution in [-0.4, -0.2) is 45.1 Å². The van der Waals surface area contributed by atoms with Crippen molar-refractivity contribution >= 4 is 28.6 Å². The van der Waals surface area contributed by atoms with Crippen molar-refractivity contribution in [3.8, 4) is 0 Å². The third kappa shape index (κ3) is 4.82. The van der Waals surface area contributed by atoms with Crippen LogP contribution in [0, 0.1) is 13.8 Å². The molecule has 0 bridgehead atoms. The first-order valence-electron chi connectivity index (χ1n) is 12.4. The quantitative estimate of drug-likeness (QED) is 0.307. The first kappa shape index (κ1) is 24.6. The van der Waals surface area contributed by atoms with E-state index in [-0.39, 0.29) is 41.3 Å². The maximum atomic E-state index is 13.5. The number of benzene rings is 1. The molecule has 5 rings (SSSR count). The summed E-state index contributed by atoms with van der Waals surface area (Å²) in [6.45, 7) is 6.53. The monoisotopic (exact) mass is 500 g/mol. The average Bonchev–Trinajstić information content (AvgIpc) is 3.38. The molecule has 1 aliphatic rings. The minimum absolute atomic E-state index is 0.0276. The van der Waals surface area contributed by atoms with E-state index >= 15 is 0 Å². The number of aryl methyl sites for hydroxylation is 2. The molecule has 0 N–H and O–H groups in total. The lowest BCUT2D eigenvalue weighted by Gasteiger charge is -2.18. The van der Waals surface area contributed by atoms with E-state index in [1.807, 2.05) is 19.9 Å². The lowest BCUT2D eigenvalue weighted by atomic mass is 10.1. The van der Waals surface area contributed by atoms with Gasteiger partial charge in [-0.15, -0.1) is 0 Å². The first-order valence-corrected chi connectivity index (χ1v) is 12.4. The Balaban J connectivity index is 1.86. The van der Waals surface area contributed by atoms with E-state index in [9.17, 15) is 14.4 Å². The molecule has 9 nitrogen and oxygen atoms in total. The second kappa shape index (κ2) is 10.1. The standard InChI is InChI=1S/C28H28N4O5/c1-4-36-28(35)22-15-21-24(29-23-9-5-6-10-31(23)27(21)34)32(16-20-8-7-11-37-20)25(22)30-26(33)19-13-17(2)12-18(3)14-19/h5-6,9-10,12-15,20H,4,7-8,11,16H2,1-3H3/t20-/m0/s1. The molecular weight excluding hydrogens is 472 g/mol. The van der Waals surface area contributed by atoms with Gasteiger partial charge in [-0.25, -0.2) is 9.78 Å². The Kier molecular flexibility index (Phi) is 6.71. The molecule has 3 aromatic heterocycles. The Morgan fingerprint density at radius 3 is 2.65 bits per heavy atom. The van der Waals surface area contributed by atoms with E-state index in [2.05, 4.69) is 4.99 Å². The summed E-state index contributed by atoms with van der Waals surface area (Å²) in [7, 11) is 0. The zero-order valence-corrected chi connectivity index (χ0v) is 21.1. The molecule has 0 unspecified atom stereocenters. The number of carbonyl (C=O) groups is 2. The van der Waals surface area contributed by atoms with Crippen LogP contribution in [0.3, 0.4) is 0 Å². The number of hydrogen-bond donors (Lipinski definition) is 0. The number of aromatic nitrogens is 3. The lowest BCUT2D eigenvalue weighted by Crippen LogP contribution is -2.35. The van der Waals surface area contributed by atoms with Crippen molar-refractivity contribution in [2.75, 3.05) is 13.2 Å². The lowest BCUT2D eigenvalue weighted by molar-refractivity contribution is 0.0521. The minimum Gasteiger partial charge on any atom is -0.462 e. The van der Waals surface area contributed by atoms with E-state index in [0.717, 1.165) is 24.0 Å². The fraction of sp³-hybridized carbons (Fsp3) is 0.321. The van der Waals surface area contributed by atoms with Crippen molar-refractivity contribution in [3.63, 3.8) is 0 Å². The number of amides is 1. The number of esters is 1. The molecule has 190 valence electrons. The Morgan fingerprint density at radius 2 is 1.95 bits per heavy atom. The van der Waals surface area contributed by atoms with E-state index < -0.39 is 11.9 Å². The van der Waals surface area contributed by atoms with Gasteiger partial charge < -0.3 is 14.0 Å². The summed E-state index contributed by atoms with van der Waals surface area (Å²) in [4.78, 5) is 49.2. The van der Waals surface area contributed by atoms with Crippen molar-refractivity contribution in [3.05, 3.63) is 86.8 Å². The molecule has 1 fully saturated rings. The second-order valence-electron chi connectivity index (χ2n) is 9.22. The van der Waals surface area contributed by atoms with Gasteiger partial charge in [0.15, 0.2) is 5.49 Å². The van der Waals surface area contributed by atoms with Gasteiger partial charge in [-0.1, -0.05) is 23.3 Å². The molecule has 37 heavy (non-hydrogen) atoms. The number of ether oxygens (including phenoxy) is 2. The molecule has 0 aliphatic carbocycles. The molecular formula is C28H28N4O5. The van der Waals surface area contributed by atoms with Crippen molar-refractivity contribution in [1.82, 2.24) is 14.0 Å². The van der Waals surface area contributed by atoms with Crippen LogP contribution >= 0.6 is 0 Å². The average molecular weight is 501 g/mol. The third-order valence-corrected chi connectivity index (χ3v) is 6.37. The highest BCUT2D eigenvalue weighted by Gasteiger charge is 2.24. The highest BCUT2D eigenvalue weighted by atomic mass is 16.5. The van der Waals surface area contributed by atoms with Crippen molar-refractivity contribution < 1.29 is 19.1 Å². The Labute approximate surface area is 213 Å². The number of carbonyl (C=O) groups excluding carboxylic acids is 2. The summed E-state index contributed by atoms with van der Waals surface area (Å²) in [5.41, 5.74) is 2.81. The van der Waals surface area contributed by atoms with Crippen LogP contribution in [0.5, 0.6) is 0 Å². The van der Waals surface area contributed by atoms with Gasteiger partial charge in [-0.3, -0.25) is 14.0 Å². The normalized spacial score (nSPS) is 16.0. The van der Waals surface area contributed by atoms with Gasteiger partial charge in [0.25, 0.3) is 11.5 Å². The SMILES string of the molecule is CCOC(=O)c1cc2c(=O)n3ccccc3nc2n(C[C@@H]2CCCO2)c1=NC(=O)c1cc(C)cc(C)c1. The van der Waals surface area contributed by atoms with Crippen LogP contribution in [-0.2, 0) is 16.0 Å². The van der Waals surface area contributed by atoms with E-state index in [1.165, 1.54) is 10.5 Å². The molecule has 1 saturated heterocycles. The van der Waals surface area contributed by atoms with Crippen LogP contribution in [0.25, 0.3) is 16.7 Å². The molecule has 1 amide bonds. The topological polar surface area (TPSA) is 104 Å². The molecule has 9 heteroatoms. The molecule has 0 spiro atoms. The largest absolute Gasteiger partial charge is 0.462 e. The number of nitrogens with zero attached hydrogens (tertiary/aromatic N) is 4. The van der Waals surface area contributed by atoms with Crippen molar-refractivity contribution in [2.24, 2.45) is 4.99 Å². The van der Waals surface area contributed by atoms with Gasteiger partial charge in [0, 0.05) is 18.4 Å². The molecule has 4 aromatic rings. The second-order valence-corrected chi connectivity index (χ2v) is 9.22. The van der Waals surface area contributed by atoms with Gasteiger partial charge in [-0.2, -0.15) is 4.99 Å². The molecule has 4 heterocycles. The highest BCUT2D eigenvalue weighted by molar-refractivity contribution is 5.97. The van der Waals surface area contributed by atoms with E-state index in [4.69, 9.17) is 14.5 Å². The zero-order chi connectivity index (χ0) is 26.1. The first-order chi connectivity index (χ1) is 17.9. The summed E-state index contributed by atoms with van der Waals surface area (Å²) in [5, 5.41) is 0.225. The van der Waals surface area contributed by atoms with Gasteiger partial charge in [0.05, 0.1) is 24.6 Å². The van der Waals surface area contributed by atoms with Gasteiger partial charge in [0.1, 0.15) is 16.9 Å². The highest BCUT2D eigenvalue weighted by Crippen LogP contribution is 2.18. The Bertz CT molecular complexity index is 1640. The Morgan fingerprint density at radius 1 is 1.16 bits per heavy atom. The summed E-state index contributed by atoms with van der Waals surface area (Å²) in [5.74, 6) is -1.18. The fourth-order valence-corrected chi connectivity index (χ4v) is 4.78. The fourth-order valence-electron chi connectivity index (χ4n) is 4.78. The summed E-state index contributed by atoms with van der Waals surface area (Å²) in [6.07, 6.45) is 3.15. The zero-order valence-electron chi connectivity index (χ0n) is 21.1. The molecule has 1 aliphatic heterocycles. The van der Waals surface area contributed by atoms with Crippen LogP contribution in [0.2, 0.25) is 0 Å². The van der Waals surface area contributed by atoms with Crippen LogP contribution < -0.4 is 11.0 Å². The molecule has 0 saturated carbocycles. The Hall–Kier alpha value is -4.11. The number of hydrogen-bond acceptors (Lipinski definition) is 6. The van der Waals surface area contributed by atoms with Gasteiger partial charge in [0.2, 0.25) is 0 Å². The predicted octanol–water partition coefficient (Wildman–Crippen LogP) is 3.36. The van der Waals surface area contributed by atoms with E-state index in [0.29, 0.717) is 23.5 Å².